The van der Waals surface area contributed by atoms with Crippen LogP contribution in [0, 0.1) is 0 Å². The molecule has 0 radical (unpaired) electrons. The zero-order valence-corrected chi connectivity index (χ0v) is 17.0. The molecule has 2 aromatic carbocycles. The van der Waals surface area contributed by atoms with Crippen LogP contribution in [-0.2, 0) is 13.0 Å². The first kappa shape index (κ1) is 20.2. The fraction of sp³-hybridized carbons (Fsp3) is 0.316. The van der Waals surface area contributed by atoms with E-state index in [1.807, 2.05) is 31.2 Å². The van der Waals surface area contributed by atoms with Crippen LogP contribution in [0.4, 0.5) is 0 Å². The molecule has 1 aliphatic heterocycles. The van der Waals surface area contributed by atoms with Gasteiger partial charge in [0, 0.05) is 13.1 Å². The summed E-state index contributed by atoms with van der Waals surface area (Å²) >= 11 is 0. The molecule has 0 spiro atoms. The van der Waals surface area contributed by atoms with Gasteiger partial charge in [-0.3, -0.25) is 0 Å². The number of aromatic hydroxyl groups is 1. The van der Waals surface area contributed by atoms with Crippen LogP contribution >= 0.6 is 24.0 Å². The maximum atomic E-state index is 9.32. The molecule has 0 unspecified atom stereocenters. The Balaban J connectivity index is 0.00000243. The van der Waals surface area contributed by atoms with Gasteiger partial charge in [-0.2, -0.15) is 0 Å². The molecule has 0 atom stereocenters. The molecule has 2 aromatic rings. The summed E-state index contributed by atoms with van der Waals surface area (Å²) in [4.78, 5) is 4.57. The van der Waals surface area contributed by atoms with Crippen LogP contribution in [0.1, 0.15) is 18.1 Å². The highest BCUT2D eigenvalue weighted by Crippen LogP contribution is 2.32. The Morgan fingerprint density at radius 1 is 1.04 bits per heavy atom. The third-order valence-corrected chi connectivity index (χ3v) is 3.84. The van der Waals surface area contributed by atoms with Crippen molar-refractivity contribution < 1.29 is 14.6 Å². The first-order chi connectivity index (χ1) is 12.2. The summed E-state index contributed by atoms with van der Waals surface area (Å²) in [6.45, 7) is 4.45. The van der Waals surface area contributed by atoms with Crippen LogP contribution in [0.5, 0.6) is 17.2 Å². The van der Waals surface area contributed by atoms with E-state index < -0.39 is 0 Å². The SMILES string of the molecule is CCNC(=NCc1ccc(O)cc1)NCCc1ccc2c(c1)OCO2.I. The fourth-order valence-electron chi connectivity index (χ4n) is 2.54. The third-order valence-electron chi connectivity index (χ3n) is 3.84. The molecule has 26 heavy (non-hydrogen) atoms. The smallest absolute Gasteiger partial charge is 0.231 e. The Labute approximate surface area is 170 Å². The summed E-state index contributed by atoms with van der Waals surface area (Å²) in [6, 6.07) is 13.1. The number of nitrogens with zero attached hydrogens (tertiary/aromatic N) is 1. The summed E-state index contributed by atoms with van der Waals surface area (Å²) in [7, 11) is 0. The Bertz CT molecular complexity index is 735. The molecule has 3 rings (SSSR count). The van der Waals surface area contributed by atoms with E-state index >= 15 is 0 Å². The predicted molar refractivity (Wildman–Crippen MR) is 113 cm³/mol. The van der Waals surface area contributed by atoms with Gasteiger partial charge < -0.3 is 25.2 Å². The molecule has 6 nitrogen and oxygen atoms in total. The topological polar surface area (TPSA) is 75.1 Å². The van der Waals surface area contributed by atoms with Gasteiger partial charge in [-0.15, -0.1) is 24.0 Å². The van der Waals surface area contributed by atoms with Gasteiger partial charge in [-0.1, -0.05) is 18.2 Å². The van der Waals surface area contributed by atoms with Crippen LogP contribution in [0.15, 0.2) is 47.5 Å². The summed E-state index contributed by atoms with van der Waals surface area (Å²) in [6.07, 6.45) is 0.861. The van der Waals surface area contributed by atoms with E-state index in [2.05, 4.69) is 21.7 Å². The number of ether oxygens (including phenoxy) is 2. The van der Waals surface area contributed by atoms with Gasteiger partial charge >= 0.3 is 0 Å². The Kier molecular flexibility index (Phi) is 7.83. The molecule has 1 aliphatic rings. The Morgan fingerprint density at radius 3 is 2.54 bits per heavy atom. The number of aliphatic imine (C=N–C) groups is 1. The Morgan fingerprint density at radius 2 is 1.77 bits per heavy atom. The minimum absolute atomic E-state index is 0. The lowest BCUT2D eigenvalue weighted by atomic mass is 10.1. The fourth-order valence-corrected chi connectivity index (χ4v) is 2.54. The van der Waals surface area contributed by atoms with E-state index in [1.54, 1.807) is 12.1 Å². The minimum atomic E-state index is 0. The molecule has 140 valence electrons. The molecule has 3 N–H and O–H groups in total. The van der Waals surface area contributed by atoms with Gasteiger partial charge in [0.1, 0.15) is 5.75 Å². The largest absolute Gasteiger partial charge is 0.508 e. The summed E-state index contributed by atoms with van der Waals surface area (Å²) in [5, 5.41) is 15.9. The second-order valence-corrected chi connectivity index (χ2v) is 5.73. The number of hydrogen-bond donors (Lipinski definition) is 3. The standard InChI is InChI=1S/C19H23N3O3.HI/c1-2-20-19(22-12-15-3-6-16(23)7-4-15)21-10-9-14-5-8-17-18(11-14)25-13-24-17;/h3-8,11,23H,2,9-10,12-13H2,1H3,(H2,20,21,22);1H. The number of hydrogen-bond acceptors (Lipinski definition) is 4. The molecular weight excluding hydrogens is 445 g/mol. The van der Waals surface area contributed by atoms with Gasteiger partial charge in [0.2, 0.25) is 6.79 Å². The third kappa shape index (κ3) is 5.69. The number of halogens is 1. The number of guanidine groups is 1. The van der Waals surface area contributed by atoms with E-state index in [9.17, 15) is 5.11 Å². The van der Waals surface area contributed by atoms with Gasteiger partial charge in [-0.25, -0.2) is 4.99 Å². The van der Waals surface area contributed by atoms with Crippen molar-refractivity contribution in [3.8, 4) is 17.2 Å². The lowest BCUT2D eigenvalue weighted by Gasteiger charge is -2.11. The number of rotatable bonds is 6. The molecule has 1 heterocycles. The molecule has 0 aliphatic carbocycles. The van der Waals surface area contributed by atoms with Crippen molar-refractivity contribution in [2.75, 3.05) is 19.9 Å². The van der Waals surface area contributed by atoms with E-state index in [4.69, 9.17) is 9.47 Å². The average molecular weight is 469 g/mol. The Hall–Kier alpha value is -2.16. The molecule has 0 aromatic heterocycles. The maximum Gasteiger partial charge on any atom is 0.231 e. The zero-order chi connectivity index (χ0) is 17.5. The normalized spacial score (nSPS) is 12.4. The molecule has 7 heteroatoms. The van der Waals surface area contributed by atoms with Crippen molar-refractivity contribution in [3.63, 3.8) is 0 Å². The lowest BCUT2D eigenvalue weighted by molar-refractivity contribution is 0.174. The highest BCUT2D eigenvalue weighted by atomic mass is 127. The van der Waals surface area contributed by atoms with Crippen LogP contribution in [0.3, 0.4) is 0 Å². The minimum Gasteiger partial charge on any atom is -0.508 e. The van der Waals surface area contributed by atoms with Crippen molar-refractivity contribution in [2.45, 2.75) is 19.9 Å². The highest BCUT2D eigenvalue weighted by Gasteiger charge is 2.12. The molecule has 0 amide bonds. The van der Waals surface area contributed by atoms with Crippen molar-refractivity contribution >= 4 is 29.9 Å². The number of fused-ring (bicyclic) bond motifs is 1. The van der Waals surface area contributed by atoms with E-state index in [0.29, 0.717) is 13.3 Å². The predicted octanol–water partition coefficient (Wildman–Crippen LogP) is 3.04. The molecule has 0 saturated carbocycles. The monoisotopic (exact) mass is 469 g/mol. The van der Waals surface area contributed by atoms with Crippen LogP contribution in [0.25, 0.3) is 0 Å². The quantitative estimate of drug-likeness (QED) is 0.345. The molecular formula is C19H24IN3O3. The van der Waals surface area contributed by atoms with E-state index in [1.165, 1.54) is 5.56 Å². The summed E-state index contributed by atoms with van der Waals surface area (Å²) in [5.74, 6) is 2.66. The molecule has 0 fully saturated rings. The lowest BCUT2D eigenvalue weighted by Crippen LogP contribution is -2.38. The molecule has 0 bridgehead atoms. The second kappa shape index (κ2) is 10.1. The number of phenols is 1. The van der Waals surface area contributed by atoms with Crippen LogP contribution in [-0.4, -0.2) is 30.9 Å². The van der Waals surface area contributed by atoms with Gasteiger partial charge in [0.15, 0.2) is 17.5 Å². The van der Waals surface area contributed by atoms with E-state index in [-0.39, 0.29) is 29.7 Å². The summed E-state index contributed by atoms with van der Waals surface area (Å²) in [5.41, 5.74) is 2.23. The van der Waals surface area contributed by atoms with Crippen molar-refractivity contribution in [2.24, 2.45) is 4.99 Å². The summed E-state index contributed by atoms with van der Waals surface area (Å²) < 4.78 is 10.7. The van der Waals surface area contributed by atoms with Crippen molar-refractivity contribution in [1.29, 1.82) is 0 Å². The van der Waals surface area contributed by atoms with Gasteiger partial charge in [0.25, 0.3) is 0 Å². The number of nitrogens with one attached hydrogen (secondary N) is 2. The highest BCUT2D eigenvalue weighted by molar-refractivity contribution is 14.0. The number of phenolic OH excluding ortho intramolecular Hbond substituents is 1. The zero-order valence-electron chi connectivity index (χ0n) is 14.7. The van der Waals surface area contributed by atoms with Crippen LogP contribution < -0.4 is 20.1 Å². The van der Waals surface area contributed by atoms with Crippen LogP contribution in [0.2, 0.25) is 0 Å². The van der Waals surface area contributed by atoms with Crippen molar-refractivity contribution in [1.82, 2.24) is 10.6 Å². The van der Waals surface area contributed by atoms with Crippen molar-refractivity contribution in [3.05, 3.63) is 53.6 Å². The first-order valence-corrected chi connectivity index (χ1v) is 8.43. The number of benzene rings is 2. The second-order valence-electron chi connectivity index (χ2n) is 5.73. The molecule has 0 saturated heterocycles. The average Bonchev–Trinajstić information content (AvgIpc) is 3.09. The van der Waals surface area contributed by atoms with Gasteiger partial charge in [-0.05, 0) is 48.7 Å². The van der Waals surface area contributed by atoms with Gasteiger partial charge in [0.05, 0.1) is 6.54 Å². The maximum absolute atomic E-state index is 9.32. The first-order valence-electron chi connectivity index (χ1n) is 8.43. The van der Waals surface area contributed by atoms with E-state index in [0.717, 1.165) is 42.5 Å².